The summed E-state index contributed by atoms with van der Waals surface area (Å²) in [7, 11) is -4.25. The Labute approximate surface area is 101 Å². The fourth-order valence-electron chi connectivity index (χ4n) is 1.44. The monoisotopic (exact) mass is 268 g/mol. The van der Waals surface area contributed by atoms with E-state index in [0.29, 0.717) is 11.3 Å². The Balaban J connectivity index is 2.55. The van der Waals surface area contributed by atoms with E-state index in [1.54, 1.807) is 18.2 Å². The van der Waals surface area contributed by atoms with Gasteiger partial charge in [-0.2, -0.15) is 0 Å². The normalized spacial score (nSPS) is 12.3. The number of fused-ring (bicyclic) bond motifs is 1. The Hall–Kier alpha value is -1.95. The van der Waals surface area contributed by atoms with E-state index in [4.69, 9.17) is 14.9 Å². The lowest BCUT2D eigenvalue weighted by Gasteiger charge is -1.99. The van der Waals surface area contributed by atoms with E-state index < -0.39 is 13.6 Å². The van der Waals surface area contributed by atoms with Gasteiger partial charge in [0.2, 0.25) is 0 Å². The maximum Gasteiger partial charge on any atom is 0.356 e. The minimum atomic E-state index is -4.25. The van der Waals surface area contributed by atoms with Crippen LogP contribution in [-0.2, 0) is 4.57 Å². The number of pyridine rings is 1. The summed E-state index contributed by atoms with van der Waals surface area (Å²) in [6, 6.07) is 4.81. The number of carboxylic acid groups (broad SMARTS) is 1. The van der Waals surface area contributed by atoms with Gasteiger partial charge in [-0.1, -0.05) is 6.07 Å². The van der Waals surface area contributed by atoms with Gasteiger partial charge in [0.05, 0.1) is 0 Å². The van der Waals surface area contributed by atoms with Crippen LogP contribution in [0.1, 0.15) is 16.2 Å². The molecular weight excluding hydrogens is 259 g/mol. The molecule has 0 amide bonds. The summed E-state index contributed by atoms with van der Waals surface area (Å²) in [6.07, 6.45) is 2.51. The number of aromatic carboxylic acids is 1. The SMILES string of the molecule is O=C(O)c1cn2c(/C=C/P(=O)(O)O)cccc2n1. The largest absolute Gasteiger partial charge is 0.476 e. The van der Waals surface area contributed by atoms with E-state index in [-0.39, 0.29) is 5.69 Å². The van der Waals surface area contributed by atoms with Gasteiger partial charge in [0.1, 0.15) is 5.65 Å². The molecule has 2 aromatic heterocycles. The molecule has 0 aromatic carbocycles. The number of aromatic nitrogens is 2. The first-order chi connectivity index (χ1) is 8.37. The summed E-state index contributed by atoms with van der Waals surface area (Å²) in [5.41, 5.74) is 0.683. The maximum absolute atomic E-state index is 10.8. The molecule has 0 aliphatic carbocycles. The van der Waals surface area contributed by atoms with E-state index in [1.807, 2.05) is 0 Å². The summed E-state index contributed by atoms with van der Waals surface area (Å²) in [4.78, 5) is 32.1. The van der Waals surface area contributed by atoms with E-state index in [2.05, 4.69) is 4.98 Å². The number of hydrogen-bond acceptors (Lipinski definition) is 3. The number of hydrogen-bond donors (Lipinski definition) is 3. The van der Waals surface area contributed by atoms with Crippen LogP contribution in [0.2, 0.25) is 0 Å². The average Bonchev–Trinajstić information content (AvgIpc) is 2.69. The summed E-state index contributed by atoms with van der Waals surface area (Å²) in [6.45, 7) is 0. The van der Waals surface area contributed by atoms with Crippen LogP contribution in [-0.4, -0.2) is 30.2 Å². The minimum absolute atomic E-state index is 0.132. The van der Waals surface area contributed by atoms with Crippen LogP contribution in [0, 0.1) is 0 Å². The van der Waals surface area contributed by atoms with Gasteiger partial charge >= 0.3 is 13.6 Å². The molecule has 0 radical (unpaired) electrons. The summed E-state index contributed by atoms with van der Waals surface area (Å²) in [5.74, 6) is -0.411. The van der Waals surface area contributed by atoms with Crippen molar-refractivity contribution in [2.24, 2.45) is 0 Å². The Morgan fingerprint density at radius 2 is 2.11 bits per heavy atom. The fourth-order valence-corrected chi connectivity index (χ4v) is 1.79. The first-order valence-electron chi connectivity index (χ1n) is 4.83. The predicted molar refractivity (Wildman–Crippen MR) is 63.2 cm³/mol. The first kappa shape index (κ1) is 12.5. The molecule has 0 saturated carbocycles. The lowest BCUT2D eigenvalue weighted by Crippen LogP contribution is -1.95. The van der Waals surface area contributed by atoms with Crippen molar-refractivity contribution >= 4 is 25.3 Å². The Morgan fingerprint density at radius 1 is 1.39 bits per heavy atom. The Kier molecular flexibility index (Phi) is 3.04. The Morgan fingerprint density at radius 3 is 2.72 bits per heavy atom. The molecule has 0 aliphatic rings. The van der Waals surface area contributed by atoms with E-state index in [9.17, 15) is 9.36 Å². The van der Waals surface area contributed by atoms with Gasteiger partial charge in [0, 0.05) is 17.7 Å². The lowest BCUT2D eigenvalue weighted by atomic mass is 10.3. The van der Waals surface area contributed by atoms with Gasteiger partial charge in [-0.25, -0.2) is 9.78 Å². The smallest absolute Gasteiger partial charge is 0.356 e. The van der Waals surface area contributed by atoms with E-state index in [1.165, 1.54) is 16.7 Å². The number of nitrogens with zero attached hydrogens (tertiary/aromatic N) is 2. The standard InChI is InChI=1S/C10H9N2O5P/c13-10(14)8-6-12-7(4-5-18(15,16)17)2-1-3-9(12)11-8/h1-6H,(H,13,14)(H2,15,16,17)/b5-4+. The second-order valence-corrected chi connectivity index (χ2v) is 4.99. The van der Waals surface area contributed by atoms with Crippen LogP contribution in [0.3, 0.4) is 0 Å². The second kappa shape index (κ2) is 4.38. The molecule has 0 spiro atoms. The topological polar surface area (TPSA) is 112 Å². The zero-order valence-corrected chi connectivity index (χ0v) is 9.86. The molecule has 8 heteroatoms. The van der Waals surface area contributed by atoms with Crippen molar-refractivity contribution in [3.63, 3.8) is 0 Å². The van der Waals surface area contributed by atoms with E-state index >= 15 is 0 Å². The van der Waals surface area contributed by atoms with Gasteiger partial charge < -0.3 is 14.9 Å². The minimum Gasteiger partial charge on any atom is -0.476 e. The molecule has 94 valence electrons. The third kappa shape index (κ3) is 2.65. The summed E-state index contributed by atoms with van der Waals surface area (Å²) < 4.78 is 12.2. The van der Waals surface area contributed by atoms with Crippen molar-refractivity contribution in [1.82, 2.24) is 9.38 Å². The highest BCUT2D eigenvalue weighted by molar-refractivity contribution is 7.55. The quantitative estimate of drug-likeness (QED) is 0.720. The van der Waals surface area contributed by atoms with Gasteiger partial charge in [-0.15, -0.1) is 0 Å². The molecule has 0 saturated heterocycles. The van der Waals surface area contributed by atoms with Gasteiger partial charge in [0.25, 0.3) is 0 Å². The van der Waals surface area contributed by atoms with Crippen LogP contribution in [0.15, 0.2) is 30.2 Å². The third-order valence-electron chi connectivity index (χ3n) is 2.18. The van der Waals surface area contributed by atoms with Crippen LogP contribution < -0.4 is 0 Å². The molecule has 3 N–H and O–H groups in total. The number of carboxylic acids is 1. The van der Waals surface area contributed by atoms with Crippen LogP contribution >= 0.6 is 7.60 Å². The summed E-state index contributed by atoms with van der Waals surface area (Å²) in [5, 5.41) is 8.82. The zero-order chi connectivity index (χ0) is 13.3. The average molecular weight is 268 g/mol. The summed E-state index contributed by atoms with van der Waals surface area (Å²) >= 11 is 0. The van der Waals surface area contributed by atoms with Gasteiger partial charge in [-0.3, -0.25) is 8.97 Å². The first-order valence-corrected chi connectivity index (χ1v) is 6.51. The molecule has 0 bridgehead atoms. The van der Waals surface area contributed by atoms with Crippen molar-refractivity contribution in [3.8, 4) is 0 Å². The fraction of sp³-hybridized carbons (Fsp3) is 0. The molecule has 7 nitrogen and oxygen atoms in total. The molecule has 2 aromatic rings. The predicted octanol–water partition coefficient (Wildman–Crippen LogP) is 1.18. The van der Waals surface area contributed by atoms with Crippen LogP contribution in [0.25, 0.3) is 11.7 Å². The molecule has 0 unspecified atom stereocenters. The van der Waals surface area contributed by atoms with Crippen LogP contribution in [0.5, 0.6) is 0 Å². The molecule has 0 fully saturated rings. The van der Waals surface area contributed by atoms with Crippen molar-refractivity contribution < 1.29 is 24.3 Å². The Bertz CT molecular complexity index is 685. The molecule has 2 heterocycles. The molecular formula is C10H9N2O5P. The molecule has 18 heavy (non-hydrogen) atoms. The van der Waals surface area contributed by atoms with Crippen molar-refractivity contribution in [2.75, 3.05) is 0 Å². The van der Waals surface area contributed by atoms with E-state index in [0.717, 1.165) is 5.82 Å². The highest BCUT2D eigenvalue weighted by atomic mass is 31.2. The zero-order valence-electron chi connectivity index (χ0n) is 8.96. The van der Waals surface area contributed by atoms with Crippen molar-refractivity contribution in [3.05, 3.63) is 41.6 Å². The van der Waals surface area contributed by atoms with Crippen molar-refractivity contribution in [2.45, 2.75) is 0 Å². The highest BCUT2D eigenvalue weighted by Gasteiger charge is 2.10. The number of imidazole rings is 1. The molecule has 0 atom stereocenters. The lowest BCUT2D eigenvalue weighted by molar-refractivity contribution is 0.0691. The maximum atomic E-state index is 10.8. The van der Waals surface area contributed by atoms with Crippen LogP contribution in [0.4, 0.5) is 0 Å². The highest BCUT2D eigenvalue weighted by Crippen LogP contribution is 2.36. The molecule has 2 rings (SSSR count). The van der Waals surface area contributed by atoms with Crippen molar-refractivity contribution in [1.29, 1.82) is 0 Å². The van der Waals surface area contributed by atoms with Gasteiger partial charge in [-0.05, 0) is 18.2 Å². The second-order valence-electron chi connectivity index (χ2n) is 3.51. The number of rotatable bonds is 3. The number of carbonyl (C=O) groups is 1. The van der Waals surface area contributed by atoms with Gasteiger partial charge in [0.15, 0.2) is 5.69 Å². The third-order valence-corrected chi connectivity index (χ3v) is 2.72. The molecule has 0 aliphatic heterocycles.